The predicted molar refractivity (Wildman–Crippen MR) is 118 cm³/mol. The number of halogens is 2. The van der Waals surface area contributed by atoms with E-state index in [0.717, 1.165) is 0 Å². The number of carbonyl (C=O) groups is 3. The van der Waals surface area contributed by atoms with E-state index < -0.39 is 58.4 Å². The average molecular weight is 513 g/mol. The molecule has 0 aliphatic heterocycles. The minimum atomic E-state index is -2.02. The number of hydrogen-bond acceptors (Lipinski definition) is 6. The normalized spacial score (nSPS) is 47.2. The van der Waals surface area contributed by atoms with E-state index in [9.17, 15) is 24.6 Å². The number of esters is 1. The largest absolute Gasteiger partial charge is 0.457 e. The molecule has 0 saturated heterocycles. The molecule has 0 bridgehead atoms. The Balaban J connectivity index is 1.73. The van der Waals surface area contributed by atoms with E-state index in [4.69, 9.17) is 4.74 Å². The lowest BCUT2D eigenvalue weighted by molar-refractivity contribution is -0.219. The van der Waals surface area contributed by atoms with E-state index in [1.54, 1.807) is 26.8 Å². The Morgan fingerprint density at radius 2 is 2.00 bits per heavy atom. The van der Waals surface area contributed by atoms with Crippen molar-refractivity contribution in [3.8, 4) is 0 Å². The third kappa shape index (κ3) is 2.84. The number of aliphatic hydroxyl groups excluding tert-OH is 1. The maximum absolute atomic E-state index is 17.1. The SMILES string of the molecule is C[C@@H]1C[C@H]2[C@@H]3CCC4=CC(=O)C=C[C@]4(C)C3(F)[C@@H](O)C[C@]2(C)[C@@]1(O)C(=O)COC(=O)CBr. The lowest BCUT2D eigenvalue weighted by Crippen LogP contribution is -2.69. The maximum Gasteiger partial charge on any atom is 0.316 e. The first-order chi connectivity index (χ1) is 14.9. The van der Waals surface area contributed by atoms with E-state index >= 15 is 4.39 Å². The van der Waals surface area contributed by atoms with Crippen molar-refractivity contribution in [2.75, 3.05) is 11.9 Å². The molecule has 0 heterocycles. The standard InChI is InChI=1S/C24H30BrFO6/c1-13-8-17-16-5-4-14-9-15(27)6-7-21(14,2)23(16,26)18(28)10-22(17,3)24(13,31)19(29)12-32-20(30)11-25/h6-7,9,13,16-18,28,31H,4-5,8,10-12H2,1-3H3/t13-,16+,17+,18+,21+,22+,23?,24+/m1/s1. The van der Waals surface area contributed by atoms with E-state index in [2.05, 4.69) is 15.9 Å². The average Bonchev–Trinajstić information content (AvgIpc) is 2.94. The van der Waals surface area contributed by atoms with Crippen molar-refractivity contribution < 1.29 is 33.7 Å². The summed E-state index contributed by atoms with van der Waals surface area (Å²) in [7, 11) is 0. The van der Waals surface area contributed by atoms with Gasteiger partial charge in [-0.2, -0.15) is 0 Å². The van der Waals surface area contributed by atoms with Crippen LogP contribution in [0.25, 0.3) is 0 Å². The smallest absolute Gasteiger partial charge is 0.316 e. The molecule has 4 aliphatic carbocycles. The molecule has 0 aromatic heterocycles. The Morgan fingerprint density at radius 3 is 2.66 bits per heavy atom. The summed E-state index contributed by atoms with van der Waals surface area (Å²) in [6.07, 6.45) is 4.25. The Bertz CT molecular complexity index is 931. The number of fused-ring (bicyclic) bond motifs is 5. The van der Waals surface area contributed by atoms with Gasteiger partial charge in [-0.05, 0) is 56.6 Å². The van der Waals surface area contributed by atoms with Gasteiger partial charge in [0.2, 0.25) is 5.78 Å². The third-order valence-corrected chi connectivity index (χ3v) is 9.58. The van der Waals surface area contributed by atoms with Crippen molar-refractivity contribution >= 4 is 33.5 Å². The van der Waals surface area contributed by atoms with E-state index in [-0.39, 0.29) is 23.5 Å². The molecule has 1 unspecified atom stereocenters. The molecule has 4 aliphatic rings. The second-order valence-corrected chi connectivity index (χ2v) is 10.9. The molecule has 0 aromatic carbocycles. The maximum atomic E-state index is 17.1. The van der Waals surface area contributed by atoms with Crippen LogP contribution in [0.15, 0.2) is 23.8 Å². The number of allylic oxidation sites excluding steroid dienone is 4. The number of rotatable bonds is 4. The summed E-state index contributed by atoms with van der Waals surface area (Å²) in [5.74, 6) is -2.84. The fourth-order valence-electron chi connectivity index (χ4n) is 7.44. The van der Waals surface area contributed by atoms with Gasteiger partial charge in [-0.25, -0.2) is 4.39 Å². The van der Waals surface area contributed by atoms with Gasteiger partial charge in [0, 0.05) is 16.7 Å². The number of carbonyl (C=O) groups excluding carboxylic acids is 3. The van der Waals surface area contributed by atoms with Gasteiger partial charge in [-0.15, -0.1) is 0 Å². The summed E-state index contributed by atoms with van der Waals surface area (Å²) < 4.78 is 22.0. The number of ketones is 2. The highest BCUT2D eigenvalue weighted by Gasteiger charge is 2.75. The zero-order chi connectivity index (χ0) is 23.7. The zero-order valence-electron chi connectivity index (χ0n) is 18.6. The molecule has 3 saturated carbocycles. The first-order valence-electron chi connectivity index (χ1n) is 11.1. The number of alkyl halides is 2. The highest BCUT2D eigenvalue weighted by atomic mass is 79.9. The molecule has 4 rings (SSSR count). The molecule has 176 valence electrons. The van der Waals surface area contributed by atoms with Gasteiger partial charge in [0.15, 0.2) is 18.1 Å². The fraction of sp³-hybridized carbons (Fsp3) is 0.708. The number of Topliss-reactive ketones (excluding diaryl/α,β-unsaturated/α-hetero) is 1. The van der Waals surface area contributed by atoms with E-state index in [0.29, 0.717) is 24.8 Å². The van der Waals surface area contributed by atoms with Gasteiger partial charge >= 0.3 is 5.97 Å². The van der Waals surface area contributed by atoms with Crippen LogP contribution in [-0.2, 0) is 19.1 Å². The van der Waals surface area contributed by atoms with Crippen LogP contribution in [0.3, 0.4) is 0 Å². The van der Waals surface area contributed by atoms with E-state index in [1.165, 1.54) is 12.2 Å². The molecule has 2 N–H and O–H groups in total. The lowest BCUT2D eigenvalue weighted by atomic mass is 9.44. The predicted octanol–water partition coefficient (Wildman–Crippen LogP) is 2.84. The van der Waals surface area contributed by atoms with Crippen LogP contribution in [0.4, 0.5) is 4.39 Å². The van der Waals surface area contributed by atoms with Gasteiger partial charge in [-0.3, -0.25) is 14.4 Å². The van der Waals surface area contributed by atoms with Crippen LogP contribution in [0.5, 0.6) is 0 Å². The second kappa shape index (κ2) is 7.57. The number of ether oxygens (including phenoxy) is 1. The summed E-state index contributed by atoms with van der Waals surface area (Å²) in [4.78, 5) is 36.6. The summed E-state index contributed by atoms with van der Waals surface area (Å²) in [6, 6.07) is 0. The minimum Gasteiger partial charge on any atom is -0.457 e. The van der Waals surface area contributed by atoms with Gasteiger partial charge in [0.05, 0.1) is 6.10 Å². The summed E-state index contributed by atoms with van der Waals surface area (Å²) >= 11 is 2.97. The topological polar surface area (TPSA) is 101 Å². The Morgan fingerprint density at radius 1 is 1.31 bits per heavy atom. The first-order valence-corrected chi connectivity index (χ1v) is 12.3. The Kier molecular flexibility index (Phi) is 5.62. The van der Waals surface area contributed by atoms with Crippen molar-refractivity contribution in [3.63, 3.8) is 0 Å². The number of hydrogen-bond donors (Lipinski definition) is 2. The highest BCUT2D eigenvalue weighted by molar-refractivity contribution is 9.09. The third-order valence-electron chi connectivity index (χ3n) is 9.12. The van der Waals surface area contributed by atoms with Crippen molar-refractivity contribution in [1.82, 2.24) is 0 Å². The molecule has 3 fully saturated rings. The minimum absolute atomic E-state index is 0.0657. The zero-order valence-corrected chi connectivity index (χ0v) is 20.2. The molecule has 8 atom stereocenters. The van der Waals surface area contributed by atoms with Crippen LogP contribution in [0.1, 0.15) is 46.5 Å². The molecule has 0 aromatic rings. The van der Waals surface area contributed by atoms with Crippen LogP contribution in [0, 0.1) is 28.6 Å². The van der Waals surface area contributed by atoms with Gasteiger partial charge in [0.1, 0.15) is 10.9 Å². The second-order valence-electron chi connectivity index (χ2n) is 10.4. The first kappa shape index (κ1) is 23.8. The van der Waals surface area contributed by atoms with E-state index in [1.807, 2.05) is 0 Å². The molecule has 32 heavy (non-hydrogen) atoms. The van der Waals surface area contributed by atoms with Crippen molar-refractivity contribution in [3.05, 3.63) is 23.8 Å². The van der Waals surface area contributed by atoms with Crippen LogP contribution in [0.2, 0.25) is 0 Å². The molecule has 0 spiro atoms. The summed E-state index contributed by atoms with van der Waals surface area (Å²) in [5, 5.41) is 22.9. The molecule has 0 amide bonds. The van der Waals surface area contributed by atoms with Gasteiger partial charge in [-0.1, -0.05) is 41.4 Å². The van der Waals surface area contributed by atoms with Crippen LogP contribution < -0.4 is 0 Å². The molecular formula is C24H30BrFO6. The Labute approximate surface area is 195 Å². The quantitative estimate of drug-likeness (QED) is 0.443. The van der Waals surface area contributed by atoms with Crippen molar-refractivity contribution in [1.29, 1.82) is 0 Å². The molecular weight excluding hydrogens is 483 g/mol. The van der Waals surface area contributed by atoms with Crippen molar-refractivity contribution in [2.24, 2.45) is 28.6 Å². The lowest BCUT2D eigenvalue weighted by Gasteiger charge is -2.62. The van der Waals surface area contributed by atoms with Crippen LogP contribution in [-0.4, -0.2) is 57.1 Å². The summed E-state index contributed by atoms with van der Waals surface area (Å²) in [5.41, 5.74) is -5.37. The number of aliphatic hydroxyl groups is 2. The Hall–Kier alpha value is -1.38. The molecule has 6 nitrogen and oxygen atoms in total. The summed E-state index contributed by atoms with van der Waals surface area (Å²) in [6.45, 7) is 4.68. The van der Waals surface area contributed by atoms with Crippen LogP contribution >= 0.6 is 15.9 Å². The fourth-order valence-corrected chi connectivity index (χ4v) is 7.60. The van der Waals surface area contributed by atoms with Crippen molar-refractivity contribution in [2.45, 2.75) is 63.8 Å². The van der Waals surface area contributed by atoms with Gasteiger partial charge in [0.25, 0.3) is 0 Å². The van der Waals surface area contributed by atoms with Gasteiger partial charge < -0.3 is 14.9 Å². The monoisotopic (exact) mass is 512 g/mol. The molecule has 8 heteroatoms. The molecule has 0 radical (unpaired) electrons. The highest BCUT2D eigenvalue weighted by Crippen LogP contribution is 2.70.